The smallest absolute Gasteiger partial charge is 0.290 e. The first-order chi connectivity index (χ1) is 10.5. The highest BCUT2D eigenvalue weighted by molar-refractivity contribution is 7.99. The summed E-state index contributed by atoms with van der Waals surface area (Å²) in [7, 11) is 0. The summed E-state index contributed by atoms with van der Waals surface area (Å²) >= 11 is 1.50. The molecule has 116 valence electrons. The Kier molecular flexibility index (Phi) is 3.81. The molecule has 9 heteroatoms. The maximum atomic E-state index is 12.9. The maximum absolute atomic E-state index is 12.9. The predicted octanol–water partition coefficient (Wildman–Crippen LogP) is 3.05. The number of carbonyl (C=O) groups is 1. The lowest BCUT2D eigenvalue weighted by Crippen LogP contribution is -2.21. The molecule has 0 spiro atoms. The minimum atomic E-state index is -4.59. The molecule has 2 aromatic rings. The number of hydrogen-bond acceptors (Lipinski definition) is 4. The number of carbonyl (C=O) groups excluding carboxylic acids is 1. The highest BCUT2D eigenvalue weighted by Gasteiger charge is 2.35. The van der Waals surface area contributed by atoms with E-state index < -0.39 is 23.2 Å². The molecule has 0 fully saturated rings. The standard InChI is InChI=1S/C13H11F3N4OS/c14-13(15,16)9-5-2-1-4-8(9)10(21)17-11-18-19-12-20(11)6-3-7-22-12/h1-2,4-5H,3,6-7H2,(H,17,18,21). The van der Waals surface area contributed by atoms with Crippen LogP contribution in [0.15, 0.2) is 29.4 Å². The Hall–Kier alpha value is -2.03. The summed E-state index contributed by atoms with van der Waals surface area (Å²) in [6.07, 6.45) is -3.70. The summed E-state index contributed by atoms with van der Waals surface area (Å²) < 4.78 is 40.5. The number of rotatable bonds is 2. The predicted molar refractivity (Wildman–Crippen MR) is 74.8 cm³/mol. The van der Waals surface area contributed by atoms with Gasteiger partial charge in [-0.2, -0.15) is 13.2 Å². The van der Waals surface area contributed by atoms with Crippen molar-refractivity contribution in [3.8, 4) is 0 Å². The van der Waals surface area contributed by atoms with Gasteiger partial charge in [0.1, 0.15) is 0 Å². The number of alkyl halides is 3. The summed E-state index contributed by atoms with van der Waals surface area (Å²) in [4.78, 5) is 12.2. The van der Waals surface area contributed by atoms with E-state index in [-0.39, 0.29) is 5.95 Å². The van der Waals surface area contributed by atoms with Gasteiger partial charge in [0.2, 0.25) is 5.95 Å². The van der Waals surface area contributed by atoms with Gasteiger partial charge in [-0.15, -0.1) is 10.2 Å². The summed E-state index contributed by atoms with van der Waals surface area (Å²) in [5.41, 5.74) is -1.41. The number of anilines is 1. The third-order valence-corrected chi connectivity index (χ3v) is 4.23. The van der Waals surface area contributed by atoms with Crippen LogP contribution in [0.4, 0.5) is 19.1 Å². The molecule has 0 atom stereocenters. The molecule has 0 aliphatic carbocycles. The van der Waals surface area contributed by atoms with E-state index in [0.29, 0.717) is 11.7 Å². The number of halogens is 3. The molecule has 22 heavy (non-hydrogen) atoms. The number of thioether (sulfide) groups is 1. The van der Waals surface area contributed by atoms with Gasteiger partial charge in [-0.3, -0.25) is 14.7 Å². The van der Waals surface area contributed by atoms with Crippen molar-refractivity contribution in [2.45, 2.75) is 24.3 Å². The molecule has 1 aliphatic rings. The Balaban J connectivity index is 1.88. The molecular formula is C13H11F3N4OS. The average molecular weight is 328 g/mol. The Morgan fingerprint density at radius 3 is 2.82 bits per heavy atom. The lowest BCUT2D eigenvalue weighted by Gasteiger charge is -2.15. The first kappa shape index (κ1) is 14.9. The van der Waals surface area contributed by atoms with Crippen LogP contribution in [0.1, 0.15) is 22.3 Å². The number of aromatic nitrogens is 3. The zero-order valence-corrected chi connectivity index (χ0v) is 12.0. The van der Waals surface area contributed by atoms with Gasteiger partial charge in [0, 0.05) is 12.3 Å². The van der Waals surface area contributed by atoms with Gasteiger partial charge in [0.25, 0.3) is 5.91 Å². The van der Waals surface area contributed by atoms with Gasteiger partial charge >= 0.3 is 6.18 Å². The molecule has 1 aromatic heterocycles. The first-order valence-corrected chi connectivity index (χ1v) is 7.49. The number of nitrogens with one attached hydrogen (secondary N) is 1. The lowest BCUT2D eigenvalue weighted by atomic mass is 10.1. The quantitative estimate of drug-likeness (QED) is 0.920. The Labute approximate surface area is 127 Å². The first-order valence-electron chi connectivity index (χ1n) is 6.50. The molecular weight excluding hydrogens is 317 g/mol. The van der Waals surface area contributed by atoms with Crippen LogP contribution in [0, 0.1) is 0 Å². The minimum absolute atomic E-state index is 0.171. The van der Waals surface area contributed by atoms with Crippen molar-refractivity contribution in [1.29, 1.82) is 0 Å². The molecule has 0 radical (unpaired) electrons. The third-order valence-electron chi connectivity index (χ3n) is 3.18. The Morgan fingerprint density at radius 1 is 1.27 bits per heavy atom. The molecule has 0 saturated heterocycles. The van der Waals surface area contributed by atoms with Gasteiger partial charge in [-0.05, 0) is 18.6 Å². The molecule has 0 bridgehead atoms. The third kappa shape index (κ3) is 2.80. The van der Waals surface area contributed by atoms with Crippen LogP contribution < -0.4 is 5.32 Å². The normalized spacial score (nSPS) is 14.5. The fraction of sp³-hybridized carbons (Fsp3) is 0.308. The summed E-state index contributed by atoms with van der Waals surface area (Å²) in [5.74, 6) is 0.228. The van der Waals surface area contributed by atoms with E-state index in [1.54, 1.807) is 4.57 Å². The number of nitrogens with zero attached hydrogens (tertiary/aromatic N) is 3. The van der Waals surface area contributed by atoms with Gasteiger partial charge in [-0.25, -0.2) is 0 Å². The topological polar surface area (TPSA) is 59.8 Å². The van der Waals surface area contributed by atoms with Gasteiger partial charge in [0.15, 0.2) is 5.16 Å². The highest BCUT2D eigenvalue weighted by atomic mass is 32.2. The molecule has 5 nitrogen and oxygen atoms in total. The monoisotopic (exact) mass is 328 g/mol. The van der Waals surface area contributed by atoms with Crippen LogP contribution >= 0.6 is 11.8 Å². The van der Waals surface area contributed by atoms with E-state index in [1.165, 1.54) is 23.9 Å². The zero-order valence-electron chi connectivity index (χ0n) is 11.2. The number of benzene rings is 1. The molecule has 0 unspecified atom stereocenters. The molecule has 1 aliphatic heterocycles. The van der Waals surface area contributed by atoms with E-state index in [9.17, 15) is 18.0 Å². The van der Waals surface area contributed by atoms with Crippen molar-refractivity contribution in [3.63, 3.8) is 0 Å². The van der Waals surface area contributed by atoms with Crippen molar-refractivity contribution in [2.75, 3.05) is 11.1 Å². The fourth-order valence-electron chi connectivity index (χ4n) is 2.17. The minimum Gasteiger partial charge on any atom is -0.290 e. The van der Waals surface area contributed by atoms with Crippen LogP contribution in [-0.2, 0) is 12.7 Å². The second-order valence-corrected chi connectivity index (χ2v) is 5.72. The van der Waals surface area contributed by atoms with Crippen LogP contribution in [0.3, 0.4) is 0 Å². The second kappa shape index (κ2) is 5.64. The fourth-order valence-corrected chi connectivity index (χ4v) is 3.06. The Bertz CT molecular complexity index is 714. The number of hydrogen-bond donors (Lipinski definition) is 1. The van der Waals surface area contributed by atoms with Crippen molar-refractivity contribution in [2.24, 2.45) is 0 Å². The Morgan fingerprint density at radius 2 is 2.05 bits per heavy atom. The van der Waals surface area contributed by atoms with Crippen molar-refractivity contribution >= 4 is 23.6 Å². The summed E-state index contributed by atoms with van der Waals surface area (Å²) in [6, 6.07) is 4.65. The van der Waals surface area contributed by atoms with Crippen molar-refractivity contribution < 1.29 is 18.0 Å². The lowest BCUT2D eigenvalue weighted by molar-refractivity contribution is -0.137. The zero-order chi connectivity index (χ0) is 15.7. The number of amides is 1. The molecule has 1 aromatic carbocycles. The van der Waals surface area contributed by atoms with E-state index in [0.717, 1.165) is 24.3 Å². The highest BCUT2D eigenvalue weighted by Crippen LogP contribution is 2.32. The largest absolute Gasteiger partial charge is 0.417 e. The van der Waals surface area contributed by atoms with Crippen molar-refractivity contribution in [3.05, 3.63) is 35.4 Å². The molecule has 1 N–H and O–H groups in total. The average Bonchev–Trinajstić information content (AvgIpc) is 2.90. The molecule has 1 amide bonds. The van der Waals surface area contributed by atoms with E-state index >= 15 is 0 Å². The summed E-state index contributed by atoms with van der Waals surface area (Å²) in [6.45, 7) is 0.631. The summed E-state index contributed by atoms with van der Waals surface area (Å²) in [5, 5.41) is 10.8. The van der Waals surface area contributed by atoms with Crippen LogP contribution in [0.25, 0.3) is 0 Å². The van der Waals surface area contributed by atoms with Crippen LogP contribution in [0.5, 0.6) is 0 Å². The van der Waals surface area contributed by atoms with Gasteiger partial charge in [-0.1, -0.05) is 23.9 Å². The van der Waals surface area contributed by atoms with E-state index in [1.807, 2.05) is 0 Å². The van der Waals surface area contributed by atoms with Crippen LogP contribution in [0.2, 0.25) is 0 Å². The number of fused-ring (bicyclic) bond motifs is 1. The van der Waals surface area contributed by atoms with Crippen molar-refractivity contribution in [1.82, 2.24) is 14.8 Å². The van der Waals surface area contributed by atoms with E-state index in [4.69, 9.17) is 0 Å². The molecule has 0 saturated carbocycles. The molecule has 2 heterocycles. The van der Waals surface area contributed by atoms with E-state index in [2.05, 4.69) is 15.5 Å². The maximum Gasteiger partial charge on any atom is 0.417 e. The second-order valence-electron chi connectivity index (χ2n) is 4.66. The van der Waals surface area contributed by atoms with Gasteiger partial charge in [0.05, 0.1) is 11.1 Å². The SMILES string of the molecule is O=C(Nc1nnc2n1CCCS2)c1ccccc1C(F)(F)F. The van der Waals surface area contributed by atoms with Gasteiger partial charge < -0.3 is 0 Å². The molecule has 3 rings (SSSR count). The van der Waals surface area contributed by atoms with Crippen LogP contribution in [-0.4, -0.2) is 26.4 Å².